The van der Waals surface area contributed by atoms with E-state index in [1.807, 2.05) is 35.8 Å². The summed E-state index contributed by atoms with van der Waals surface area (Å²) < 4.78 is 0. The molecule has 1 amide bonds. The van der Waals surface area contributed by atoms with Gasteiger partial charge in [-0.3, -0.25) is 4.79 Å². The highest BCUT2D eigenvalue weighted by Gasteiger charge is 2.26. The van der Waals surface area contributed by atoms with Gasteiger partial charge in [0.05, 0.1) is 5.56 Å². The summed E-state index contributed by atoms with van der Waals surface area (Å²) in [6.45, 7) is 0. The van der Waals surface area contributed by atoms with E-state index in [1.54, 1.807) is 11.3 Å². The minimum atomic E-state index is -1.02. The van der Waals surface area contributed by atoms with Gasteiger partial charge < -0.3 is 15.4 Å². The molecule has 26 heavy (non-hydrogen) atoms. The van der Waals surface area contributed by atoms with E-state index in [-0.39, 0.29) is 12.3 Å². The smallest absolute Gasteiger partial charge is 0.326 e. The predicted molar refractivity (Wildman–Crippen MR) is 102 cm³/mol. The molecule has 0 radical (unpaired) electrons. The summed E-state index contributed by atoms with van der Waals surface area (Å²) in [6, 6.07) is 6.80. The molecule has 1 unspecified atom stereocenters. The Bertz CT molecular complexity index is 973. The third-order valence-corrected chi connectivity index (χ3v) is 6.10. The number of aryl methyl sites for hydroxylation is 1. The zero-order valence-corrected chi connectivity index (χ0v) is 15.1. The van der Waals surface area contributed by atoms with Gasteiger partial charge in [0.25, 0.3) is 5.91 Å². The molecule has 0 fully saturated rings. The summed E-state index contributed by atoms with van der Waals surface area (Å²) in [6.07, 6.45) is 6.23. The van der Waals surface area contributed by atoms with Crippen LogP contribution in [-0.2, 0) is 24.1 Å². The van der Waals surface area contributed by atoms with Gasteiger partial charge in [-0.15, -0.1) is 11.3 Å². The van der Waals surface area contributed by atoms with Gasteiger partial charge >= 0.3 is 5.97 Å². The fourth-order valence-electron chi connectivity index (χ4n) is 3.64. The first kappa shape index (κ1) is 16.8. The maximum Gasteiger partial charge on any atom is 0.326 e. The van der Waals surface area contributed by atoms with Gasteiger partial charge in [0, 0.05) is 33.8 Å². The summed E-state index contributed by atoms with van der Waals surface area (Å²) in [7, 11) is 0. The van der Waals surface area contributed by atoms with E-state index >= 15 is 0 Å². The number of benzene rings is 1. The number of aromatic nitrogens is 1. The Morgan fingerprint density at radius 2 is 2.04 bits per heavy atom. The van der Waals surface area contributed by atoms with Crippen LogP contribution in [-0.4, -0.2) is 28.0 Å². The normalized spacial score (nSPS) is 14.8. The highest BCUT2D eigenvalue weighted by Crippen LogP contribution is 2.30. The van der Waals surface area contributed by atoms with Crippen molar-refractivity contribution in [1.82, 2.24) is 10.3 Å². The van der Waals surface area contributed by atoms with Gasteiger partial charge in [-0.2, -0.15) is 0 Å². The number of aliphatic carboxylic acids is 1. The van der Waals surface area contributed by atoms with Crippen molar-refractivity contribution in [3.63, 3.8) is 0 Å². The molecule has 1 atom stereocenters. The van der Waals surface area contributed by atoms with Crippen molar-refractivity contribution in [2.45, 2.75) is 38.1 Å². The van der Waals surface area contributed by atoms with Crippen LogP contribution in [0.5, 0.6) is 0 Å². The van der Waals surface area contributed by atoms with Gasteiger partial charge in [0.1, 0.15) is 6.04 Å². The lowest BCUT2D eigenvalue weighted by Crippen LogP contribution is -2.42. The number of fused-ring (bicyclic) bond motifs is 2. The molecule has 3 N–H and O–H groups in total. The number of carbonyl (C=O) groups excluding carboxylic acids is 1. The molecule has 0 saturated heterocycles. The lowest BCUT2D eigenvalue weighted by atomic mass is 9.95. The van der Waals surface area contributed by atoms with Crippen LogP contribution in [0.1, 0.15) is 39.2 Å². The third-order valence-electron chi connectivity index (χ3n) is 5.01. The van der Waals surface area contributed by atoms with Crippen LogP contribution in [0.4, 0.5) is 0 Å². The molecule has 1 aliphatic carbocycles. The van der Waals surface area contributed by atoms with Crippen LogP contribution >= 0.6 is 11.3 Å². The second-order valence-corrected chi connectivity index (χ2v) is 7.65. The van der Waals surface area contributed by atoms with E-state index in [9.17, 15) is 14.7 Å². The van der Waals surface area contributed by atoms with E-state index in [0.29, 0.717) is 5.56 Å². The van der Waals surface area contributed by atoms with Gasteiger partial charge in [-0.05, 0) is 42.9 Å². The molecule has 2 heterocycles. The Morgan fingerprint density at radius 3 is 2.88 bits per heavy atom. The first-order valence-corrected chi connectivity index (χ1v) is 9.69. The van der Waals surface area contributed by atoms with Crippen LogP contribution in [0, 0.1) is 0 Å². The first-order chi connectivity index (χ1) is 12.6. The van der Waals surface area contributed by atoms with Crippen LogP contribution in [0.2, 0.25) is 0 Å². The second-order valence-electron chi connectivity index (χ2n) is 6.69. The van der Waals surface area contributed by atoms with E-state index in [1.165, 1.54) is 4.88 Å². The predicted octanol–water partition coefficient (Wildman–Crippen LogP) is 3.53. The maximum absolute atomic E-state index is 12.7. The van der Waals surface area contributed by atoms with Crippen molar-refractivity contribution >= 4 is 34.1 Å². The molecule has 134 valence electrons. The summed E-state index contributed by atoms with van der Waals surface area (Å²) in [4.78, 5) is 28.9. The summed E-state index contributed by atoms with van der Waals surface area (Å²) in [5.74, 6) is -1.30. The van der Waals surface area contributed by atoms with E-state index in [4.69, 9.17) is 0 Å². The average Bonchev–Trinajstić information content (AvgIpc) is 3.25. The fraction of sp³-hybridized carbons (Fsp3) is 0.300. The van der Waals surface area contributed by atoms with Gasteiger partial charge in [0.15, 0.2) is 0 Å². The van der Waals surface area contributed by atoms with Gasteiger partial charge in [-0.1, -0.05) is 18.2 Å². The summed E-state index contributed by atoms with van der Waals surface area (Å²) in [5, 5.41) is 15.2. The van der Waals surface area contributed by atoms with Crippen LogP contribution in [0.25, 0.3) is 10.9 Å². The highest BCUT2D eigenvalue weighted by atomic mass is 32.1. The van der Waals surface area contributed by atoms with Crippen LogP contribution in [0.15, 0.2) is 35.8 Å². The molecule has 5 nitrogen and oxygen atoms in total. The van der Waals surface area contributed by atoms with E-state index in [0.717, 1.165) is 47.7 Å². The maximum atomic E-state index is 12.7. The lowest BCUT2D eigenvalue weighted by Gasteiger charge is -2.16. The quantitative estimate of drug-likeness (QED) is 0.644. The van der Waals surface area contributed by atoms with Crippen molar-refractivity contribution in [1.29, 1.82) is 0 Å². The van der Waals surface area contributed by atoms with Crippen LogP contribution < -0.4 is 5.32 Å². The number of rotatable bonds is 5. The molecular weight excluding hydrogens is 348 g/mol. The topological polar surface area (TPSA) is 82.2 Å². The zero-order chi connectivity index (χ0) is 18.1. The van der Waals surface area contributed by atoms with E-state index < -0.39 is 12.0 Å². The number of hydrogen-bond acceptors (Lipinski definition) is 3. The number of H-pyrrole nitrogens is 1. The Kier molecular flexibility index (Phi) is 4.51. The minimum Gasteiger partial charge on any atom is -0.480 e. The molecule has 0 bridgehead atoms. The average molecular weight is 368 g/mol. The van der Waals surface area contributed by atoms with Crippen molar-refractivity contribution < 1.29 is 14.7 Å². The van der Waals surface area contributed by atoms with Crippen LogP contribution in [0.3, 0.4) is 0 Å². The standard InChI is InChI=1S/C20H20N2O3S/c23-19(15-11-26-18-8-4-2-6-14(15)18)22-17(20(24)25)9-12-10-21-16-7-3-1-5-13(12)16/h1,3,5,7,10-11,17,21H,2,4,6,8-9H2,(H,22,23)(H,24,25). The number of nitrogens with one attached hydrogen (secondary N) is 2. The summed E-state index contributed by atoms with van der Waals surface area (Å²) >= 11 is 1.61. The minimum absolute atomic E-state index is 0.247. The number of hydrogen-bond donors (Lipinski definition) is 3. The Hall–Kier alpha value is -2.60. The van der Waals surface area contributed by atoms with Gasteiger partial charge in [0.2, 0.25) is 0 Å². The molecule has 1 aliphatic rings. The van der Waals surface area contributed by atoms with Crippen molar-refractivity contribution in [2.24, 2.45) is 0 Å². The van der Waals surface area contributed by atoms with Crippen molar-refractivity contribution in [2.75, 3.05) is 0 Å². The molecule has 0 saturated carbocycles. The number of carboxylic acids is 1. The molecule has 3 aromatic rings. The Labute approximate surface area is 155 Å². The largest absolute Gasteiger partial charge is 0.480 e. The van der Waals surface area contributed by atoms with E-state index in [2.05, 4.69) is 10.3 Å². The van der Waals surface area contributed by atoms with Crippen molar-refractivity contribution in [3.05, 3.63) is 57.4 Å². The molecule has 2 aromatic heterocycles. The third kappa shape index (κ3) is 3.12. The molecule has 0 aliphatic heterocycles. The highest BCUT2D eigenvalue weighted by molar-refractivity contribution is 7.10. The molecule has 0 spiro atoms. The number of thiophene rings is 1. The first-order valence-electron chi connectivity index (χ1n) is 8.81. The number of carbonyl (C=O) groups is 2. The SMILES string of the molecule is O=C(NC(Cc1c[nH]c2ccccc12)C(=O)O)c1csc2c1CCCC2. The molecule has 4 rings (SSSR count). The molecule has 1 aromatic carbocycles. The molecular formula is C20H20N2O3S. The number of para-hydroxylation sites is 1. The summed E-state index contributed by atoms with van der Waals surface area (Å²) in [5.41, 5.74) is 3.61. The Balaban J connectivity index is 1.55. The zero-order valence-electron chi connectivity index (χ0n) is 14.2. The fourth-order valence-corrected chi connectivity index (χ4v) is 4.77. The molecule has 6 heteroatoms. The monoisotopic (exact) mass is 368 g/mol. The van der Waals surface area contributed by atoms with Gasteiger partial charge in [-0.25, -0.2) is 4.79 Å². The Morgan fingerprint density at radius 1 is 1.23 bits per heavy atom. The number of aromatic amines is 1. The lowest BCUT2D eigenvalue weighted by molar-refractivity contribution is -0.139. The van der Waals surface area contributed by atoms with Crippen molar-refractivity contribution in [3.8, 4) is 0 Å². The second kappa shape index (κ2) is 6.96. The number of amides is 1. The number of carboxylic acid groups (broad SMARTS) is 1.